The number of benzene rings is 1. The Labute approximate surface area is 127 Å². The molecular formula is C17H25N3O. The highest BCUT2D eigenvalue weighted by Gasteiger charge is 2.17. The molecule has 2 N–H and O–H groups in total. The summed E-state index contributed by atoms with van der Waals surface area (Å²) in [6, 6.07) is 7.46. The van der Waals surface area contributed by atoms with Crippen LogP contribution in [0.3, 0.4) is 0 Å². The average molecular weight is 287 g/mol. The predicted octanol–water partition coefficient (Wildman–Crippen LogP) is 1.41. The highest BCUT2D eigenvalue weighted by molar-refractivity contribution is 5.96. The zero-order chi connectivity index (χ0) is 15.7. The van der Waals surface area contributed by atoms with Crippen LogP contribution in [-0.2, 0) is 0 Å². The largest absolute Gasteiger partial charge is 0.337 e. The first-order valence-corrected chi connectivity index (χ1v) is 7.32. The van der Waals surface area contributed by atoms with Gasteiger partial charge in [0.2, 0.25) is 0 Å². The Kier molecular flexibility index (Phi) is 7.52. The summed E-state index contributed by atoms with van der Waals surface area (Å²) in [4.78, 5) is 16.7. The number of carbonyl (C=O) groups is 1. The van der Waals surface area contributed by atoms with Crippen molar-refractivity contribution >= 4 is 5.91 Å². The fraction of sp³-hybridized carbons (Fsp3) is 0.471. The van der Waals surface area contributed by atoms with E-state index in [4.69, 9.17) is 5.73 Å². The highest BCUT2D eigenvalue weighted by atomic mass is 16.2. The Hall–Kier alpha value is -1.83. The third-order valence-electron chi connectivity index (χ3n) is 3.08. The quantitative estimate of drug-likeness (QED) is 0.805. The van der Waals surface area contributed by atoms with Crippen LogP contribution in [-0.4, -0.2) is 56.0 Å². The minimum atomic E-state index is 0.0422. The maximum Gasteiger partial charge on any atom is 0.255 e. The van der Waals surface area contributed by atoms with E-state index in [1.807, 2.05) is 43.3 Å². The van der Waals surface area contributed by atoms with Crippen molar-refractivity contribution < 1.29 is 4.79 Å². The topological polar surface area (TPSA) is 49.6 Å². The van der Waals surface area contributed by atoms with Crippen molar-refractivity contribution in [3.63, 3.8) is 0 Å². The molecule has 0 heterocycles. The average Bonchev–Trinajstić information content (AvgIpc) is 2.48. The molecule has 4 heteroatoms. The van der Waals surface area contributed by atoms with Gasteiger partial charge >= 0.3 is 0 Å². The number of likely N-dealkylation sites (N-methyl/N-ethyl adjacent to an activating group) is 1. The van der Waals surface area contributed by atoms with Crippen LogP contribution in [0.1, 0.15) is 29.3 Å². The Morgan fingerprint density at radius 3 is 2.52 bits per heavy atom. The third kappa shape index (κ3) is 5.58. The fourth-order valence-electron chi connectivity index (χ4n) is 2.00. The third-order valence-corrected chi connectivity index (χ3v) is 3.08. The van der Waals surface area contributed by atoms with Gasteiger partial charge in [0.25, 0.3) is 5.91 Å². The molecule has 0 spiro atoms. The molecular weight excluding hydrogens is 262 g/mol. The lowest BCUT2D eigenvalue weighted by Gasteiger charge is -2.24. The Morgan fingerprint density at radius 2 is 1.90 bits per heavy atom. The van der Waals surface area contributed by atoms with Crippen molar-refractivity contribution in [3.8, 4) is 11.8 Å². The zero-order valence-corrected chi connectivity index (χ0v) is 13.2. The summed E-state index contributed by atoms with van der Waals surface area (Å²) < 4.78 is 0. The van der Waals surface area contributed by atoms with Crippen LogP contribution < -0.4 is 5.73 Å². The highest BCUT2D eigenvalue weighted by Crippen LogP contribution is 2.11. The zero-order valence-electron chi connectivity index (χ0n) is 13.2. The SMILES string of the molecule is CCCN(CCN(C)C)C(=O)c1ccccc1C#CCN. The van der Waals surface area contributed by atoms with Crippen LogP contribution in [0.15, 0.2) is 24.3 Å². The summed E-state index contributed by atoms with van der Waals surface area (Å²) >= 11 is 0. The first kappa shape index (κ1) is 17.2. The molecule has 1 rings (SSSR count). The smallest absolute Gasteiger partial charge is 0.255 e. The first-order valence-electron chi connectivity index (χ1n) is 7.32. The van der Waals surface area contributed by atoms with Crippen molar-refractivity contribution in [2.24, 2.45) is 5.73 Å². The van der Waals surface area contributed by atoms with Crippen molar-refractivity contribution in [2.45, 2.75) is 13.3 Å². The summed E-state index contributed by atoms with van der Waals surface area (Å²) in [6.45, 7) is 4.70. The number of nitrogens with zero attached hydrogens (tertiary/aromatic N) is 2. The van der Waals surface area contributed by atoms with Gasteiger partial charge in [0.05, 0.1) is 12.1 Å². The second kappa shape index (κ2) is 9.17. The second-order valence-corrected chi connectivity index (χ2v) is 5.15. The van der Waals surface area contributed by atoms with Gasteiger partial charge in [-0.15, -0.1) is 0 Å². The van der Waals surface area contributed by atoms with Crippen molar-refractivity contribution in [3.05, 3.63) is 35.4 Å². The minimum absolute atomic E-state index is 0.0422. The van der Waals surface area contributed by atoms with E-state index in [9.17, 15) is 4.79 Å². The fourth-order valence-corrected chi connectivity index (χ4v) is 2.00. The van der Waals surface area contributed by atoms with Crippen LogP contribution >= 0.6 is 0 Å². The maximum absolute atomic E-state index is 12.7. The summed E-state index contributed by atoms with van der Waals surface area (Å²) in [7, 11) is 4.02. The first-order chi connectivity index (χ1) is 10.1. The molecule has 0 saturated carbocycles. The number of hydrogen-bond acceptors (Lipinski definition) is 3. The number of carbonyl (C=O) groups excluding carboxylic acids is 1. The summed E-state index contributed by atoms with van der Waals surface area (Å²) in [6.07, 6.45) is 0.940. The van der Waals surface area contributed by atoms with E-state index in [1.165, 1.54) is 0 Å². The van der Waals surface area contributed by atoms with E-state index in [0.717, 1.165) is 31.6 Å². The Bertz CT molecular complexity index is 514. The summed E-state index contributed by atoms with van der Waals surface area (Å²) in [5.74, 6) is 5.84. The van der Waals surface area contributed by atoms with Gasteiger partial charge in [0, 0.05) is 25.2 Å². The van der Waals surface area contributed by atoms with E-state index in [-0.39, 0.29) is 5.91 Å². The molecule has 0 bridgehead atoms. The predicted molar refractivity (Wildman–Crippen MR) is 87.1 cm³/mol. The molecule has 0 saturated heterocycles. The lowest BCUT2D eigenvalue weighted by Crippen LogP contribution is -2.37. The van der Waals surface area contributed by atoms with Gasteiger partial charge in [-0.25, -0.2) is 0 Å². The lowest BCUT2D eigenvalue weighted by atomic mass is 10.1. The van der Waals surface area contributed by atoms with Crippen LogP contribution in [0.25, 0.3) is 0 Å². The number of rotatable bonds is 6. The Balaban J connectivity index is 2.97. The number of nitrogens with two attached hydrogens (primary N) is 1. The minimum Gasteiger partial charge on any atom is -0.337 e. The molecule has 1 aromatic carbocycles. The standard InChI is InChI=1S/C17H25N3O/c1-4-12-20(14-13-19(2)3)17(21)16-10-6-5-8-15(16)9-7-11-18/h5-6,8,10H,4,11-14,18H2,1-3H3. The van der Waals surface area contributed by atoms with Crippen molar-refractivity contribution in [2.75, 3.05) is 40.3 Å². The van der Waals surface area contributed by atoms with Gasteiger partial charge in [0.1, 0.15) is 0 Å². The van der Waals surface area contributed by atoms with Gasteiger partial charge in [-0.3, -0.25) is 4.79 Å². The van der Waals surface area contributed by atoms with Gasteiger partial charge in [-0.1, -0.05) is 30.9 Å². The van der Waals surface area contributed by atoms with Gasteiger partial charge < -0.3 is 15.5 Å². The second-order valence-electron chi connectivity index (χ2n) is 5.15. The van der Waals surface area contributed by atoms with Crippen molar-refractivity contribution in [1.82, 2.24) is 9.80 Å². The van der Waals surface area contributed by atoms with Crippen molar-refractivity contribution in [1.29, 1.82) is 0 Å². The van der Waals surface area contributed by atoms with E-state index < -0.39 is 0 Å². The molecule has 0 aromatic heterocycles. The van der Waals surface area contributed by atoms with E-state index in [0.29, 0.717) is 12.1 Å². The van der Waals surface area contributed by atoms with Gasteiger partial charge in [-0.2, -0.15) is 0 Å². The van der Waals surface area contributed by atoms with Gasteiger partial charge in [0.15, 0.2) is 0 Å². The molecule has 21 heavy (non-hydrogen) atoms. The van der Waals surface area contributed by atoms with E-state index in [1.54, 1.807) is 0 Å². The molecule has 0 atom stereocenters. The molecule has 0 unspecified atom stereocenters. The monoisotopic (exact) mass is 287 g/mol. The number of hydrogen-bond donors (Lipinski definition) is 1. The van der Waals surface area contributed by atoms with E-state index in [2.05, 4.69) is 23.7 Å². The van der Waals surface area contributed by atoms with Crippen LogP contribution in [0.5, 0.6) is 0 Å². The van der Waals surface area contributed by atoms with Crippen LogP contribution in [0, 0.1) is 11.8 Å². The van der Waals surface area contributed by atoms with E-state index >= 15 is 0 Å². The summed E-state index contributed by atoms with van der Waals surface area (Å²) in [5, 5.41) is 0. The molecule has 0 radical (unpaired) electrons. The van der Waals surface area contributed by atoms with Crippen LogP contribution in [0.2, 0.25) is 0 Å². The van der Waals surface area contributed by atoms with Crippen LogP contribution in [0.4, 0.5) is 0 Å². The molecule has 114 valence electrons. The molecule has 1 aromatic rings. The number of amides is 1. The molecule has 4 nitrogen and oxygen atoms in total. The molecule has 1 amide bonds. The lowest BCUT2D eigenvalue weighted by molar-refractivity contribution is 0.0744. The normalized spacial score (nSPS) is 10.1. The molecule has 0 aliphatic heterocycles. The summed E-state index contributed by atoms with van der Waals surface area (Å²) in [5.41, 5.74) is 6.82. The molecule has 0 aliphatic carbocycles. The maximum atomic E-state index is 12.7. The Morgan fingerprint density at radius 1 is 1.19 bits per heavy atom. The molecule has 0 aliphatic rings. The van der Waals surface area contributed by atoms with Gasteiger partial charge in [-0.05, 0) is 32.6 Å². The molecule has 0 fully saturated rings.